The molecule has 3 amide bonds. The number of rotatable bonds is 27. The number of benzene rings is 6. The van der Waals surface area contributed by atoms with Crippen molar-refractivity contribution in [3.05, 3.63) is 191 Å². The molecule has 15 rings (SSSR count). The first kappa shape index (κ1) is 97.6. The number of aromatic nitrogens is 12. The van der Waals surface area contributed by atoms with Gasteiger partial charge >= 0.3 is 18.5 Å². The third kappa shape index (κ3) is 19.5. The Kier molecular flexibility index (Phi) is 29.1. The van der Waals surface area contributed by atoms with Crippen LogP contribution in [0, 0.1) is 34.0 Å². The van der Waals surface area contributed by atoms with Gasteiger partial charge in [-0.1, -0.05) is 60.8 Å². The van der Waals surface area contributed by atoms with Crippen LogP contribution in [-0.2, 0) is 83.2 Å². The highest BCUT2D eigenvalue weighted by atomic mass is 32.2. The van der Waals surface area contributed by atoms with Crippen molar-refractivity contribution in [1.29, 1.82) is 15.8 Å². The lowest BCUT2D eigenvalue weighted by Gasteiger charge is -2.29. The fourth-order valence-corrected chi connectivity index (χ4v) is 20.8. The minimum Gasteiger partial charge on any atom is -0.493 e. The largest absolute Gasteiger partial charge is 0.493 e. The first-order valence-corrected chi connectivity index (χ1v) is 45.9. The molecule has 3 saturated heterocycles. The van der Waals surface area contributed by atoms with Gasteiger partial charge in [0.1, 0.15) is 51.3 Å². The Bertz CT molecular complexity index is 6740. The Hall–Kier alpha value is -13.9. The van der Waals surface area contributed by atoms with E-state index < -0.39 is 109 Å². The molecule has 0 spiro atoms. The summed E-state index contributed by atoms with van der Waals surface area (Å²) in [6.45, 7) is 17.8. The van der Waals surface area contributed by atoms with Crippen LogP contribution in [0.25, 0.3) is 67.3 Å². The van der Waals surface area contributed by atoms with Gasteiger partial charge in [0.25, 0.3) is 16.7 Å². The summed E-state index contributed by atoms with van der Waals surface area (Å²) in [6.07, 6.45) is -9.27. The van der Waals surface area contributed by atoms with E-state index in [-0.39, 0.29) is 98.7 Å². The summed E-state index contributed by atoms with van der Waals surface area (Å²) < 4.78 is 174. The number of hydrogen-bond donors (Lipinski definition) is 4. The van der Waals surface area contributed by atoms with Crippen LogP contribution in [0.2, 0.25) is 0 Å². The number of hydrogen-bond acceptors (Lipinski definition) is 22. The highest BCUT2D eigenvalue weighted by Gasteiger charge is 2.49. The van der Waals surface area contributed by atoms with Crippen molar-refractivity contribution in [2.45, 2.75) is 202 Å². The summed E-state index contributed by atoms with van der Waals surface area (Å²) in [7, 11) is 0.761. The lowest BCUT2D eigenvalue weighted by Crippen LogP contribution is -2.39. The predicted octanol–water partition coefficient (Wildman–Crippen LogP) is 16.7. The molecule has 12 aromatic rings. The fourth-order valence-electron chi connectivity index (χ4n) is 17.5. The number of ether oxygens (including phenoxy) is 3. The number of thioether (sulfide) groups is 1. The highest BCUT2D eigenvalue weighted by Crippen LogP contribution is 2.47. The van der Waals surface area contributed by atoms with Gasteiger partial charge in [0, 0.05) is 79.3 Å². The van der Waals surface area contributed by atoms with E-state index in [0.717, 1.165) is 70.8 Å². The molecule has 3 aliphatic rings. The number of sulfone groups is 1. The van der Waals surface area contributed by atoms with Crippen molar-refractivity contribution >= 4 is 95.2 Å². The third-order valence-corrected chi connectivity index (χ3v) is 26.8. The number of nitrogens with one attached hydrogen (secondary N) is 4. The molecule has 30 nitrogen and oxygen atoms in total. The van der Waals surface area contributed by atoms with Crippen molar-refractivity contribution in [1.82, 2.24) is 59.2 Å². The number of amides is 3. The molecule has 3 fully saturated rings. The van der Waals surface area contributed by atoms with Gasteiger partial charge < -0.3 is 49.2 Å². The molecular weight excluding hydrogens is 1790 g/mol. The minimum absolute atomic E-state index is 0.0412. The van der Waals surface area contributed by atoms with Crippen molar-refractivity contribution in [2.24, 2.45) is 21.1 Å². The Morgan fingerprint density at radius 2 is 0.806 bits per heavy atom. The number of alkyl halides is 9. The molecule has 6 aromatic carbocycles. The molecule has 41 heteroatoms. The molecule has 6 atom stereocenters. The van der Waals surface area contributed by atoms with Crippen molar-refractivity contribution in [3.63, 3.8) is 0 Å². The van der Waals surface area contributed by atoms with E-state index in [1.807, 2.05) is 60.6 Å². The Labute approximate surface area is 766 Å². The van der Waals surface area contributed by atoms with E-state index in [4.69, 9.17) is 24.2 Å². The molecule has 0 aliphatic carbocycles. The van der Waals surface area contributed by atoms with Gasteiger partial charge in [0.2, 0.25) is 17.7 Å². The lowest BCUT2D eigenvalue weighted by molar-refractivity contribution is -0.138. The number of nitrogens with zero attached hydrogens (tertiary/aromatic N) is 15. The molecule has 6 aromatic heterocycles. The third-order valence-electron chi connectivity index (χ3n) is 23.3. The van der Waals surface area contributed by atoms with Gasteiger partial charge in [-0.15, -0.1) is 11.8 Å². The summed E-state index contributed by atoms with van der Waals surface area (Å²) >= 11 is 1.43. The van der Waals surface area contributed by atoms with Crippen LogP contribution in [0.1, 0.15) is 171 Å². The SMILES string of the molecule is CCCc1nn(C)c2c(=O)[nH]c(-c3cc(N[C@@H]4CC(=O)N(c5ccc(C#N)c(C(F)(F)F)c5)[C@H]4CC)ccc3OCC)nc12.CCCc1nn(C)c2c(=O)[nH]c(-c3cc(S(=O)(=O)C4CC(=O)N(c5ccc(C#N)c(C(F)(F)F)c5)C4CC)ccc3OCC)nc12.CCCc1nn(C)c2c(=O)[nH]c(-c3cc(SC4CC(=O)N(c5ccc(C#N)c(C(F)(F)F)c5)C4CC)ccc3OCC)nc12. The van der Waals surface area contributed by atoms with Crippen LogP contribution < -0.4 is 50.9 Å². The van der Waals surface area contributed by atoms with E-state index in [1.165, 1.54) is 78.1 Å². The normalized spacial score (nSPS) is 17.0. The highest BCUT2D eigenvalue weighted by molar-refractivity contribution is 8.00. The molecule has 4 unspecified atom stereocenters. The summed E-state index contributed by atoms with van der Waals surface area (Å²) in [5, 5.41) is 42.7. The van der Waals surface area contributed by atoms with Crippen LogP contribution in [0.5, 0.6) is 17.2 Å². The molecule has 9 heterocycles. The standard InChI is InChI=1S/C31H32F3N7O3.C31H31F3N6O5S.C31H31F3N6O3S/c1-5-8-22-27-28(40(4)39-22)30(43)38-29(37-27)20-13-18(10-12-25(20)44-7-3)36-23-15-26(42)41(24(23)6-2)19-11-9-17(16-35)21(14-19)31(32,33)34;1-5-8-22-27-28(39(4)38-22)30(42)37-29(36-27)20-14-19(11-12-24(20)45-7-3)46(43,44)25-15-26(41)40(23(25)6-2)18-10-9-17(16-35)21(13-18)31(32,33)34;1-5-8-22-27-28(39(4)38-22)30(42)37-29(36-27)20-14-19(11-12-24(20)43-7-3)44-25-15-26(41)40(23(25)6-2)18-10-9-17(16-35)21(13-18)31(32,33)34/h9-14,23-24,36H,5-8,15H2,1-4H3,(H,37,38,43);9-14,23,25H,5-8,15H2,1-4H3,(H,36,37,42);9-14,23,25H,5-8,15H2,1-4H3,(H,36,37,42)/t23-,24+;;/m1../s1. The van der Waals surface area contributed by atoms with Crippen molar-refractivity contribution < 1.29 is 76.5 Å². The Morgan fingerprint density at radius 1 is 0.448 bits per heavy atom. The first-order chi connectivity index (χ1) is 63.8. The monoisotopic (exact) mass is 1890 g/mol. The van der Waals surface area contributed by atoms with Gasteiger partial charge in [0.15, 0.2) is 26.4 Å². The summed E-state index contributed by atoms with van der Waals surface area (Å²) in [5.41, 5.74) is 0.320. The van der Waals surface area contributed by atoms with E-state index in [0.29, 0.717) is 125 Å². The average Bonchev–Trinajstić information content (AvgIpc) is 1.56. The number of anilines is 4. The van der Waals surface area contributed by atoms with Gasteiger partial charge in [-0.3, -0.25) is 42.8 Å². The number of carbonyl (C=O) groups is 3. The Morgan fingerprint density at radius 3 is 1.19 bits per heavy atom. The maximum Gasteiger partial charge on any atom is 0.417 e. The first-order valence-electron chi connectivity index (χ1n) is 43.4. The van der Waals surface area contributed by atoms with Gasteiger partial charge in [-0.25, -0.2) is 23.4 Å². The number of fused-ring (bicyclic) bond motifs is 3. The van der Waals surface area contributed by atoms with E-state index in [9.17, 15) is 92.5 Å². The second-order valence-corrected chi connectivity index (χ2v) is 35.4. The maximum absolute atomic E-state index is 14.2. The molecule has 3 aliphatic heterocycles. The molecule has 0 saturated carbocycles. The van der Waals surface area contributed by atoms with Crippen LogP contribution in [0.15, 0.2) is 133 Å². The number of carbonyl (C=O) groups excluding carboxylic acids is 3. The summed E-state index contributed by atoms with van der Waals surface area (Å²) in [5.74, 6) is 0.671. The smallest absolute Gasteiger partial charge is 0.417 e. The zero-order valence-corrected chi connectivity index (χ0v) is 76.5. The zero-order chi connectivity index (χ0) is 97.1. The molecule has 4 N–H and O–H groups in total. The number of H-pyrrole nitrogens is 3. The van der Waals surface area contributed by atoms with Crippen molar-refractivity contribution in [2.75, 3.05) is 39.8 Å². The molecular formula is C93H94F9N19O11S2. The quantitative estimate of drug-likeness (QED) is 0.0347. The fraction of sp³-hybridized carbons (Fsp3) is 0.387. The van der Waals surface area contributed by atoms with Crippen LogP contribution in [-0.4, -0.2) is 140 Å². The number of aryl methyl sites for hydroxylation is 6. The van der Waals surface area contributed by atoms with Gasteiger partial charge in [-0.2, -0.15) is 70.6 Å². The summed E-state index contributed by atoms with van der Waals surface area (Å²) in [4.78, 5) is 106. The number of halogens is 9. The average molecular weight is 1890 g/mol. The topological polar surface area (TPSA) is 397 Å². The minimum atomic E-state index is -4.86. The number of aromatic amines is 3. The van der Waals surface area contributed by atoms with E-state index in [2.05, 4.69) is 40.5 Å². The Balaban J connectivity index is 0.000000170. The summed E-state index contributed by atoms with van der Waals surface area (Å²) in [6, 6.07) is 26.8. The molecule has 134 heavy (non-hydrogen) atoms. The van der Waals surface area contributed by atoms with Crippen LogP contribution in [0.4, 0.5) is 62.3 Å². The number of nitriles is 3. The van der Waals surface area contributed by atoms with E-state index in [1.54, 1.807) is 71.4 Å². The molecule has 0 bridgehead atoms. The van der Waals surface area contributed by atoms with Gasteiger partial charge in [0.05, 0.1) is 133 Å². The zero-order valence-electron chi connectivity index (χ0n) is 74.9. The van der Waals surface area contributed by atoms with E-state index >= 15 is 0 Å². The lowest BCUT2D eigenvalue weighted by atomic mass is 10.0. The van der Waals surface area contributed by atoms with Crippen LogP contribution >= 0.6 is 11.8 Å². The second-order valence-electron chi connectivity index (χ2n) is 32.0. The van der Waals surface area contributed by atoms with Crippen molar-refractivity contribution in [3.8, 4) is 69.6 Å². The maximum atomic E-state index is 14.2. The molecule has 0 radical (unpaired) electrons. The second kappa shape index (κ2) is 39.9. The predicted molar refractivity (Wildman–Crippen MR) is 484 cm³/mol. The van der Waals surface area contributed by atoms with Gasteiger partial charge in [-0.05, 0) is 168 Å². The molecule has 702 valence electrons. The van der Waals surface area contributed by atoms with Crippen LogP contribution in [0.3, 0.4) is 0 Å².